The molecule has 0 atom stereocenters. The first-order valence-corrected chi connectivity index (χ1v) is 9.92. The lowest BCUT2D eigenvalue weighted by atomic mass is 9.93. The van der Waals surface area contributed by atoms with Crippen LogP contribution in [0.1, 0.15) is 71.2 Å². The van der Waals surface area contributed by atoms with Crippen LogP contribution in [0, 0.1) is 12.8 Å². The lowest BCUT2D eigenvalue weighted by Gasteiger charge is -2.31. The SMILES string of the molecule is CNCCC1CCN(C(=O)c2sc(C3CCCC3)nc2C)CC1. The van der Waals surface area contributed by atoms with E-state index in [1.54, 1.807) is 11.3 Å². The quantitative estimate of drug-likeness (QED) is 0.895. The number of hydrogen-bond donors (Lipinski definition) is 1. The molecule has 1 N–H and O–H groups in total. The minimum absolute atomic E-state index is 0.219. The lowest BCUT2D eigenvalue weighted by Crippen LogP contribution is -2.38. The van der Waals surface area contributed by atoms with E-state index in [-0.39, 0.29) is 5.91 Å². The van der Waals surface area contributed by atoms with E-state index >= 15 is 0 Å². The molecule has 1 aromatic rings. The zero-order valence-corrected chi connectivity index (χ0v) is 15.3. The molecule has 4 nitrogen and oxygen atoms in total. The van der Waals surface area contributed by atoms with Crippen LogP contribution in [0.5, 0.6) is 0 Å². The standard InChI is InChI=1S/C18H29N3OS/c1-13-16(23-17(20-13)15-5-3-4-6-15)18(22)21-11-8-14(9-12-21)7-10-19-2/h14-15,19H,3-12H2,1-2H3. The Morgan fingerprint density at radius 3 is 2.61 bits per heavy atom. The second-order valence-electron chi connectivity index (χ2n) is 7.08. The predicted molar refractivity (Wildman–Crippen MR) is 95.2 cm³/mol. The number of hydrogen-bond acceptors (Lipinski definition) is 4. The number of rotatable bonds is 5. The largest absolute Gasteiger partial charge is 0.338 e. The van der Waals surface area contributed by atoms with Gasteiger partial charge < -0.3 is 10.2 Å². The van der Waals surface area contributed by atoms with Crippen molar-refractivity contribution in [2.45, 2.75) is 57.8 Å². The van der Waals surface area contributed by atoms with Crippen molar-refractivity contribution < 1.29 is 4.79 Å². The number of likely N-dealkylation sites (tertiary alicyclic amines) is 1. The highest BCUT2D eigenvalue weighted by Gasteiger charge is 2.28. The molecule has 0 bridgehead atoms. The number of nitrogens with zero attached hydrogens (tertiary/aromatic N) is 2. The Morgan fingerprint density at radius 2 is 1.96 bits per heavy atom. The van der Waals surface area contributed by atoms with Gasteiger partial charge in [0.1, 0.15) is 4.88 Å². The molecule has 0 unspecified atom stereocenters. The molecule has 5 heteroatoms. The molecule has 2 fully saturated rings. The maximum atomic E-state index is 12.9. The fraction of sp³-hybridized carbons (Fsp3) is 0.778. The van der Waals surface area contributed by atoms with Crippen molar-refractivity contribution in [3.63, 3.8) is 0 Å². The molecule has 1 saturated heterocycles. The van der Waals surface area contributed by atoms with Crippen LogP contribution in [0.2, 0.25) is 0 Å². The third-order valence-corrected chi connectivity index (χ3v) is 6.72. The van der Waals surface area contributed by atoms with Crippen LogP contribution in [0.25, 0.3) is 0 Å². The molecule has 2 aliphatic rings. The lowest BCUT2D eigenvalue weighted by molar-refractivity contribution is 0.0691. The van der Waals surface area contributed by atoms with Gasteiger partial charge in [-0.05, 0) is 58.5 Å². The van der Waals surface area contributed by atoms with Gasteiger partial charge in [0.05, 0.1) is 10.7 Å². The molecular weight excluding hydrogens is 306 g/mol. The Hall–Kier alpha value is -0.940. The van der Waals surface area contributed by atoms with Gasteiger partial charge in [0, 0.05) is 19.0 Å². The van der Waals surface area contributed by atoms with Crippen molar-refractivity contribution in [3.8, 4) is 0 Å². The van der Waals surface area contributed by atoms with Crippen molar-refractivity contribution in [2.75, 3.05) is 26.7 Å². The van der Waals surface area contributed by atoms with E-state index in [1.807, 2.05) is 14.0 Å². The van der Waals surface area contributed by atoms with E-state index in [4.69, 9.17) is 4.98 Å². The highest BCUT2D eigenvalue weighted by atomic mass is 32.1. The first-order valence-electron chi connectivity index (χ1n) is 9.10. The first kappa shape index (κ1) is 16.9. The van der Waals surface area contributed by atoms with Gasteiger partial charge in [-0.2, -0.15) is 0 Å². The second kappa shape index (κ2) is 7.75. The highest BCUT2D eigenvalue weighted by Crippen LogP contribution is 2.37. The number of aryl methyl sites for hydroxylation is 1. The summed E-state index contributed by atoms with van der Waals surface area (Å²) < 4.78 is 0. The van der Waals surface area contributed by atoms with Crippen LogP contribution in [0.3, 0.4) is 0 Å². The number of carbonyl (C=O) groups is 1. The Kier molecular flexibility index (Phi) is 5.70. The number of piperidine rings is 1. The summed E-state index contributed by atoms with van der Waals surface area (Å²) in [5.41, 5.74) is 0.944. The fourth-order valence-electron chi connectivity index (χ4n) is 3.88. The van der Waals surface area contributed by atoms with Crippen molar-refractivity contribution >= 4 is 17.2 Å². The van der Waals surface area contributed by atoms with Gasteiger partial charge in [0.2, 0.25) is 0 Å². The van der Waals surface area contributed by atoms with Gasteiger partial charge in [0.15, 0.2) is 0 Å². The van der Waals surface area contributed by atoms with Gasteiger partial charge in [-0.1, -0.05) is 12.8 Å². The number of thiazole rings is 1. The fourth-order valence-corrected chi connectivity index (χ4v) is 5.08. The average Bonchev–Trinajstić information content (AvgIpc) is 3.22. The summed E-state index contributed by atoms with van der Waals surface area (Å²) in [6.07, 6.45) is 8.62. The zero-order chi connectivity index (χ0) is 16.2. The molecule has 0 spiro atoms. The topological polar surface area (TPSA) is 45.2 Å². The van der Waals surface area contributed by atoms with Crippen LogP contribution >= 0.6 is 11.3 Å². The molecular formula is C18H29N3OS. The molecule has 3 rings (SSSR count). The Bertz CT molecular complexity index is 528. The smallest absolute Gasteiger partial charge is 0.265 e. The van der Waals surface area contributed by atoms with E-state index in [0.717, 1.165) is 49.0 Å². The average molecular weight is 336 g/mol. The van der Waals surface area contributed by atoms with Crippen molar-refractivity contribution in [1.82, 2.24) is 15.2 Å². The van der Waals surface area contributed by atoms with Crippen molar-refractivity contribution in [1.29, 1.82) is 0 Å². The van der Waals surface area contributed by atoms with Gasteiger partial charge in [-0.25, -0.2) is 4.98 Å². The Labute approximate surface area is 143 Å². The van der Waals surface area contributed by atoms with Crippen LogP contribution in [0.15, 0.2) is 0 Å². The summed E-state index contributed by atoms with van der Waals surface area (Å²) in [7, 11) is 2.01. The van der Waals surface area contributed by atoms with E-state index in [0.29, 0.717) is 5.92 Å². The molecule has 0 radical (unpaired) electrons. The summed E-state index contributed by atoms with van der Waals surface area (Å²) >= 11 is 1.66. The second-order valence-corrected chi connectivity index (χ2v) is 8.11. The molecule has 1 saturated carbocycles. The Balaban J connectivity index is 1.60. The number of nitrogens with one attached hydrogen (secondary N) is 1. The summed E-state index contributed by atoms with van der Waals surface area (Å²) in [6, 6.07) is 0. The zero-order valence-electron chi connectivity index (χ0n) is 14.4. The maximum Gasteiger partial charge on any atom is 0.265 e. The minimum atomic E-state index is 0.219. The molecule has 1 aromatic heterocycles. The maximum absolute atomic E-state index is 12.9. The normalized spacial score (nSPS) is 20.3. The van der Waals surface area contributed by atoms with Crippen LogP contribution in [-0.2, 0) is 0 Å². The van der Waals surface area contributed by atoms with Crippen LogP contribution in [0.4, 0.5) is 0 Å². The number of aromatic nitrogens is 1. The van der Waals surface area contributed by atoms with Gasteiger partial charge in [-0.3, -0.25) is 4.79 Å². The van der Waals surface area contributed by atoms with Gasteiger partial charge in [-0.15, -0.1) is 11.3 Å². The van der Waals surface area contributed by atoms with E-state index in [9.17, 15) is 4.79 Å². The van der Waals surface area contributed by atoms with E-state index in [1.165, 1.54) is 37.1 Å². The molecule has 0 aromatic carbocycles. The van der Waals surface area contributed by atoms with Crippen LogP contribution in [-0.4, -0.2) is 42.5 Å². The third-order valence-electron chi connectivity index (χ3n) is 5.42. The van der Waals surface area contributed by atoms with Crippen molar-refractivity contribution in [3.05, 3.63) is 15.6 Å². The summed E-state index contributed by atoms with van der Waals surface area (Å²) in [6.45, 7) is 4.89. The predicted octanol–water partition coefficient (Wildman–Crippen LogP) is 3.57. The molecule has 1 aliphatic heterocycles. The molecule has 2 heterocycles. The first-order chi connectivity index (χ1) is 11.2. The Morgan fingerprint density at radius 1 is 1.26 bits per heavy atom. The molecule has 128 valence electrons. The highest BCUT2D eigenvalue weighted by molar-refractivity contribution is 7.13. The molecule has 1 aliphatic carbocycles. The van der Waals surface area contributed by atoms with Gasteiger partial charge in [0.25, 0.3) is 5.91 Å². The van der Waals surface area contributed by atoms with Crippen molar-refractivity contribution in [2.24, 2.45) is 5.92 Å². The van der Waals surface area contributed by atoms with Crippen LogP contribution < -0.4 is 5.32 Å². The summed E-state index contributed by atoms with van der Waals surface area (Å²) in [5, 5.41) is 4.43. The monoisotopic (exact) mass is 335 g/mol. The van der Waals surface area contributed by atoms with Gasteiger partial charge >= 0.3 is 0 Å². The number of carbonyl (C=O) groups excluding carboxylic acids is 1. The molecule has 23 heavy (non-hydrogen) atoms. The molecule has 1 amide bonds. The summed E-state index contributed by atoms with van der Waals surface area (Å²) in [4.78, 5) is 20.5. The minimum Gasteiger partial charge on any atom is -0.338 e. The van der Waals surface area contributed by atoms with E-state index < -0.39 is 0 Å². The number of amides is 1. The summed E-state index contributed by atoms with van der Waals surface area (Å²) in [5.74, 6) is 1.59. The third kappa shape index (κ3) is 3.94. The van der Waals surface area contributed by atoms with E-state index in [2.05, 4.69) is 10.2 Å².